The first-order valence-electron chi connectivity index (χ1n) is 8.32. The Balaban J connectivity index is 1.85. The minimum absolute atomic E-state index is 0.0858. The maximum atomic E-state index is 12.6. The van der Waals surface area contributed by atoms with Crippen LogP contribution in [0.15, 0.2) is 42.6 Å². The molecule has 2 aromatic heterocycles. The van der Waals surface area contributed by atoms with Gasteiger partial charge in [-0.15, -0.1) is 0 Å². The summed E-state index contributed by atoms with van der Waals surface area (Å²) in [4.78, 5) is 42.9. The highest BCUT2D eigenvalue weighted by molar-refractivity contribution is 6.34. The monoisotopic (exact) mass is 396 g/mol. The lowest BCUT2D eigenvalue weighted by Crippen LogP contribution is -2.22. The summed E-state index contributed by atoms with van der Waals surface area (Å²) < 4.78 is 0. The van der Waals surface area contributed by atoms with Crippen LogP contribution in [0.3, 0.4) is 0 Å². The number of aromatic nitrogens is 4. The molecule has 2 heterocycles. The fourth-order valence-electron chi connectivity index (χ4n) is 2.41. The molecule has 0 atom stereocenters. The first-order valence-corrected chi connectivity index (χ1v) is 8.69. The number of carbonyl (C=O) groups is 2. The van der Waals surface area contributed by atoms with Gasteiger partial charge in [0, 0.05) is 25.9 Å². The Morgan fingerprint density at radius 1 is 1.07 bits per heavy atom. The SMILES string of the molecule is Cc1nc(NC(=O)c2ccc(C(=O)N(C)C)cc2Cl)nc(-c2ccccn2)n1. The van der Waals surface area contributed by atoms with E-state index in [2.05, 4.69) is 25.3 Å². The number of nitrogens with one attached hydrogen (secondary N) is 1. The third-order valence-corrected chi connectivity index (χ3v) is 4.05. The molecule has 3 rings (SSSR count). The number of halogens is 1. The van der Waals surface area contributed by atoms with Crippen LogP contribution in [-0.4, -0.2) is 50.7 Å². The molecule has 0 saturated carbocycles. The molecule has 0 radical (unpaired) electrons. The Hall–Kier alpha value is -3.39. The minimum atomic E-state index is -0.494. The molecule has 2 amide bonds. The van der Waals surface area contributed by atoms with Gasteiger partial charge in [0.05, 0.1) is 10.6 Å². The van der Waals surface area contributed by atoms with E-state index in [4.69, 9.17) is 11.6 Å². The zero-order valence-electron chi connectivity index (χ0n) is 15.5. The average molecular weight is 397 g/mol. The van der Waals surface area contributed by atoms with Gasteiger partial charge < -0.3 is 4.90 Å². The molecule has 142 valence electrons. The first-order chi connectivity index (χ1) is 13.3. The summed E-state index contributed by atoms with van der Waals surface area (Å²) >= 11 is 6.20. The van der Waals surface area contributed by atoms with E-state index in [0.717, 1.165) is 0 Å². The van der Waals surface area contributed by atoms with Crippen molar-refractivity contribution >= 4 is 29.4 Å². The number of anilines is 1. The van der Waals surface area contributed by atoms with Crippen molar-refractivity contribution < 1.29 is 9.59 Å². The topological polar surface area (TPSA) is 101 Å². The molecule has 8 nitrogen and oxygen atoms in total. The second-order valence-electron chi connectivity index (χ2n) is 6.09. The van der Waals surface area contributed by atoms with Gasteiger partial charge >= 0.3 is 0 Å². The van der Waals surface area contributed by atoms with Crippen LogP contribution in [0.2, 0.25) is 5.02 Å². The number of hydrogen-bond donors (Lipinski definition) is 1. The zero-order chi connectivity index (χ0) is 20.3. The largest absolute Gasteiger partial charge is 0.345 e. The molecule has 1 aromatic carbocycles. The second-order valence-corrected chi connectivity index (χ2v) is 6.50. The summed E-state index contributed by atoms with van der Waals surface area (Å²) in [7, 11) is 3.28. The van der Waals surface area contributed by atoms with Crippen molar-refractivity contribution in [2.75, 3.05) is 19.4 Å². The molecule has 0 aliphatic carbocycles. The van der Waals surface area contributed by atoms with Crippen molar-refractivity contribution in [2.24, 2.45) is 0 Å². The molecule has 0 bridgehead atoms. The van der Waals surface area contributed by atoms with E-state index >= 15 is 0 Å². The van der Waals surface area contributed by atoms with Crippen molar-refractivity contribution in [1.82, 2.24) is 24.8 Å². The molecule has 0 unspecified atom stereocenters. The third-order valence-electron chi connectivity index (χ3n) is 3.73. The van der Waals surface area contributed by atoms with Gasteiger partial charge in [0.15, 0.2) is 5.82 Å². The van der Waals surface area contributed by atoms with E-state index in [1.54, 1.807) is 45.4 Å². The lowest BCUT2D eigenvalue weighted by molar-refractivity contribution is 0.0827. The number of amides is 2. The van der Waals surface area contributed by atoms with Crippen LogP contribution in [0.1, 0.15) is 26.5 Å². The third kappa shape index (κ3) is 4.29. The number of rotatable bonds is 4. The fourth-order valence-corrected chi connectivity index (χ4v) is 2.67. The fraction of sp³-hybridized carbons (Fsp3) is 0.158. The van der Waals surface area contributed by atoms with E-state index in [1.807, 2.05) is 6.07 Å². The summed E-state index contributed by atoms with van der Waals surface area (Å²) in [5.41, 5.74) is 1.16. The molecule has 3 aromatic rings. The summed E-state index contributed by atoms with van der Waals surface area (Å²) in [6.45, 7) is 1.69. The number of hydrogen-bond acceptors (Lipinski definition) is 6. The highest BCUT2D eigenvalue weighted by atomic mass is 35.5. The van der Waals surface area contributed by atoms with Gasteiger partial charge in [0.25, 0.3) is 11.8 Å². The maximum Gasteiger partial charge on any atom is 0.259 e. The van der Waals surface area contributed by atoms with Crippen LogP contribution in [0, 0.1) is 6.92 Å². The van der Waals surface area contributed by atoms with E-state index in [1.165, 1.54) is 17.0 Å². The lowest BCUT2D eigenvalue weighted by atomic mass is 10.1. The molecule has 0 aliphatic heterocycles. The zero-order valence-corrected chi connectivity index (χ0v) is 16.2. The number of pyridine rings is 1. The van der Waals surface area contributed by atoms with E-state index in [-0.39, 0.29) is 22.4 Å². The summed E-state index contributed by atoms with van der Waals surface area (Å²) in [5, 5.41) is 2.77. The Kier molecular flexibility index (Phi) is 5.60. The molecular weight excluding hydrogens is 380 g/mol. The van der Waals surface area contributed by atoms with Gasteiger partial charge in [-0.3, -0.25) is 19.9 Å². The van der Waals surface area contributed by atoms with Crippen molar-refractivity contribution in [3.63, 3.8) is 0 Å². The lowest BCUT2D eigenvalue weighted by Gasteiger charge is -2.12. The van der Waals surface area contributed by atoms with Crippen molar-refractivity contribution in [3.8, 4) is 11.5 Å². The van der Waals surface area contributed by atoms with Crippen molar-refractivity contribution in [2.45, 2.75) is 6.92 Å². The van der Waals surface area contributed by atoms with Crippen LogP contribution in [-0.2, 0) is 0 Å². The van der Waals surface area contributed by atoms with E-state index < -0.39 is 5.91 Å². The van der Waals surface area contributed by atoms with Crippen LogP contribution in [0.5, 0.6) is 0 Å². The first kappa shape index (κ1) is 19.4. The Morgan fingerprint density at radius 2 is 1.86 bits per heavy atom. The highest BCUT2D eigenvalue weighted by Gasteiger charge is 2.17. The van der Waals surface area contributed by atoms with Crippen LogP contribution >= 0.6 is 11.6 Å². The smallest absolute Gasteiger partial charge is 0.259 e. The normalized spacial score (nSPS) is 10.4. The quantitative estimate of drug-likeness (QED) is 0.727. The van der Waals surface area contributed by atoms with E-state index in [9.17, 15) is 9.59 Å². The van der Waals surface area contributed by atoms with E-state index in [0.29, 0.717) is 22.9 Å². The second kappa shape index (κ2) is 8.10. The number of nitrogens with zero attached hydrogens (tertiary/aromatic N) is 5. The number of benzene rings is 1. The van der Waals surface area contributed by atoms with Gasteiger partial charge in [0.2, 0.25) is 5.95 Å². The molecule has 9 heteroatoms. The molecule has 1 N–H and O–H groups in total. The van der Waals surface area contributed by atoms with Gasteiger partial charge in [-0.25, -0.2) is 4.98 Å². The molecule has 28 heavy (non-hydrogen) atoms. The number of aryl methyl sites for hydroxylation is 1. The van der Waals surface area contributed by atoms with Crippen molar-refractivity contribution in [1.29, 1.82) is 0 Å². The predicted molar refractivity (Wildman–Crippen MR) is 105 cm³/mol. The van der Waals surface area contributed by atoms with Crippen molar-refractivity contribution in [3.05, 3.63) is 64.6 Å². The molecule has 0 fully saturated rings. The Morgan fingerprint density at radius 3 is 2.50 bits per heavy atom. The Labute approximate surface area is 166 Å². The molecule has 0 aliphatic rings. The van der Waals surface area contributed by atoms with Crippen LogP contribution < -0.4 is 5.32 Å². The summed E-state index contributed by atoms with van der Waals surface area (Å²) in [6.07, 6.45) is 1.63. The predicted octanol–water partition coefficient (Wildman–Crippen LogP) is 2.85. The maximum absolute atomic E-state index is 12.6. The Bertz CT molecular complexity index is 1040. The minimum Gasteiger partial charge on any atom is -0.345 e. The standard InChI is InChI=1S/C19H17ClN6O2/c1-11-22-16(15-6-4-5-9-21-15)24-19(23-11)25-17(27)13-8-7-12(10-14(13)20)18(28)26(2)3/h4-10H,1-3H3,(H,22,23,24,25,27). The van der Waals surface area contributed by atoms with Crippen LogP contribution in [0.25, 0.3) is 11.5 Å². The molecule has 0 spiro atoms. The highest BCUT2D eigenvalue weighted by Crippen LogP contribution is 2.20. The van der Waals surface area contributed by atoms with Gasteiger partial charge in [-0.1, -0.05) is 17.7 Å². The van der Waals surface area contributed by atoms with Gasteiger partial charge in [-0.05, 0) is 37.3 Å². The van der Waals surface area contributed by atoms with Crippen LogP contribution in [0.4, 0.5) is 5.95 Å². The summed E-state index contributed by atoms with van der Waals surface area (Å²) in [5.74, 6) is 0.168. The molecule has 0 saturated heterocycles. The molecular formula is C19H17ClN6O2. The summed E-state index contributed by atoms with van der Waals surface area (Å²) in [6, 6.07) is 9.85. The average Bonchev–Trinajstić information content (AvgIpc) is 2.67. The van der Waals surface area contributed by atoms with Gasteiger partial charge in [-0.2, -0.15) is 9.97 Å². The van der Waals surface area contributed by atoms with Gasteiger partial charge in [0.1, 0.15) is 11.5 Å². The number of carbonyl (C=O) groups excluding carboxylic acids is 2.